The minimum absolute atomic E-state index is 0.230. The van der Waals surface area contributed by atoms with Crippen molar-refractivity contribution in [2.75, 3.05) is 38.8 Å². The second-order valence-corrected chi connectivity index (χ2v) is 7.63. The number of methoxy groups -OCH3 is 1. The van der Waals surface area contributed by atoms with E-state index >= 15 is 0 Å². The number of halogens is 3. The van der Waals surface area contributed by atoms with Crippen molar-refractivity contribution in [2.24, 2.45) is 5.10 Å². The first-order valence-corrected chi connectivity index (χ1v) is 10.3. The summed E-state index contributed by atoms with van der Waals surface area (Å²) < 4.78 is 50.1. The first-order valence-electron chi connectivity index (χ1n) is 10.3. The van der Waals surface area contributed by atoms with Crippen molar-refractivity contribution in [3.8, 4) is 5.75 Å². The van der Waals surface area contributed by atoms with Crippen molar-refractivity contribution in [3.05, 3.63) is 67.3 Å². The summed E-state index contributed by atoms with van der Waals surface area (Å²) in [5.41, 5.74) is -0.560. The average Bonchev–Trinajstić information content (AvgIpc) is 2.81. The zero-order chi connectivity index (χ0) is 25.8. The molecule has 35 heavy (non-hydrogen) atoms. The van der Waals surface area contributed by atoms with E-state index in [2.05, 4.69) is 15.4 Å². The van der Waals surface area contributed by atoms with E-state index in [1.807, 2.05) is 0 Å². The largest absolute Gasteiger partial charge is 0.496 e. The number of rotatable bonds is 8. The molecule has 2 aromatic carbocycles. The lowest BCUT2D eigenvalue weighted by atomic mass is 10.1. The van der Waals surface area contributed by atoms with Gasteiger partial charge in [-0.3, -0.25) is 30.6 Å². The summed E-state index contributed by atoms with van der Waals surface area (Å²) in [5.74, 6) is 0.634. The summed E-state index contributed by atoms with van der Waals surface area (Å²) in [6.45, 7) is 4.81. The molecule has 0 radical (unpaired) electrons. The van der Waals surface area contributed by atoms with Crippen LogP contribution in [0.15, 0.2) is 35.4 Å². The highest BCUT2D eigenvalue weighted by Gasteiger charge is 2.37. The van der Waals surface area contributed by atoms with Crippen molar-refractivity contribution in [1.29, 1.82) is 0 Å². The van der Waals surface area contributed by atoms with Crippen LogP contribution in [-0.4, -0.2) is 53.9 Å². The molecule has 1 saturated heterocycles. The Morgan fingerprint density at radius 3 is 2.26 bits per heavy atom. The molecule has 0 aliphatic carbocycles. The molecule has 1 fully saturated rings. The van der Waals surface area contributed by atoms with E-state index in [0.29, 0.717) is 36.8 Å². The van der Waals surface area contributed by atoms with E-state index < -0.39 is 38.6 Å². The topological polar surface area (TPSA) is 132 Å². The van der Waals surface area contributed by atoms with Gasteiger partial charge in [0.15, 0.2) is 0 Å². The van der Waals surface area contributed by atoms with Gasteiger partial charge in [-0.25, -0.2) is 0 Å². The highest BCUT2D eigenvalue weighted by Crippen LogP contribution is 2.41. The molecule has 11 nitrogen and oxygen atoms in total. The standard InChI is InChI=1S/C21H22F3N5O6/c1-13(14-3-4-19(34-2)15(9-14)12-27-5-7-35-8-6-27)25-26-20-17(28(30)31)10-16(21(22,23)24)11-18(20)29(32)33/h3-4,9-11,26H,5-8,12H2,1-2H3. The van der Waals surface area contributed by atoms with Gasteiger partial charge in [-0.2, -0.15) is 18.3 Å². The monoisotopic (exact) mass is 497 g/mol. The number of nitrogens with one attached hydrogen (secondary N) is 1. The van der Waals surface area contributed by atoms with Crippen molar-refractivity contribution in [3.63, 3.8) is 0 Å². The molecule has 2 aromatic rings. The third kappa shape index (κ3) is 6.22. The van der Waals surface area contributed by atoms with Crippen LogP contribution in [0.2, 0.25) is 0 Å². The van der Waals surface area contributed by atoms with E-state index in [1.54, 1.807) is 25.1 Å². The summed E-state index contributed by atoms with van der Waals surface area (Å²) in [5, 5.41) is 26.8. The number of morpholine rings is 1. The predicted octanol–water partition coefficient (Wildman–Crippen LogP) is 4.20. The van der Waals surface area contributed by atoms with Crippen LogP contribution in [0, 0.1) is 20.2 Å². The predicted molar refractivity (Wildman–Crippen MR) is 120 cm³/mol. The van der Waals surface area contributed by atoms with Gasteiger partial charge in [0.2, 0.25) is 5.69 Å². The van der Waals surface area contributed by atoms with Gasteiger partial charge in [0.05, 0.1) is 41.4 Å². The second-order valence-electron chi connectivity index (χ2n) is 7.63. The molecule has 0 aromatic heterocycles. The first kappa shape index (κ1) is 25.8. The molecular weight excluding hydrogens is 475 g/mol. The lowest BCUT2D eigenvalue weighted by Gasteiger charge is -2.27. The minimum Gasteiger partial charge on any atom is -0.496 e. The van der Waals surface area contributed by atoms with Crippen LogP contribution >= 0.6 is 0 Å². The van der Waals surface area contributed by atoms with Crippen LogP contribution in [-0.2, 0) is 17.5 Å². The molecule has 0 unspecified atom stereocenters. The van der Waals surface area contributed by atoms with Crippen LogP contribution in [0.5, 0.6) is 5.75 Å². The lowest BCUT2D eigenvalue weighted by molar-refractivity contribution is -0.392. The molecule has 188 valence electrons. The Hall–Kier alpha value is -3.78. The Labute approximate surface area is 197 Å². The fourth-order valence-corrected chi connectivity index (χ4v) is 3.51. The molecule has 1 aliphatic heterocycles. The number of ether oxygens (including phenoxy) is 2. The number of nitro benzene ring substituents is 2. The van der Waals surface area contributed by atoms with Gasteiger partial charge in [0.25, 0.3) is 0 Å². The van der Waals surface area contributed by atoms with E-state index in [-0.39, 0.29) is 12.1 Å². The summed E-state index contributed by atoms with van der Waals surface area (Å²) in [4.78, 5) is 22.7. The smallest absolute Gasteiger partial charge is 0.416 e. The number of nitrogens with zero attached hydrogens (tertiary/aromatic N) is 4. The average molecular weight is 497 g/mol. The fraction of sp³-hybridized carbons (Fsp3) is 0.381. The highest BCUT2D eigenvalue weighted by molar-refractivity contribution is 5.99. The summed E-state index contributed by atoms with van der Waals surface area (Å²) in [6.07, 6.45) is -5.01. The maximum absolute atomic E-state index is 13.1. The Kier molecular flexibility index (Phi) is 7.86. The van der Waals surface area contributed by atoms with Gasteiger partial charge in [-0.15, -0.1) is 0 Å². The number of alkyl halides is 3. The van der Waals surface area contributed by atoms with Crippen molar-refractivity contribution in [2.45, 2.75) is 19.6 Å². The molecule has 1 N–H and O–H groups in total. The summed E-state index contributed by atoms with van der Waals surface area (Å²) in [6, 6.07) is 5.65. The van der Waals surface area contributed by atoms with Crippen LogP contribution in [0.25, 0.3) is 0 Å². The van der Waals surface area contributed by atoms with Gasteiger partial charge < -0.3 is 9.47 Å². The van der Waals surface area contributed by atoms with Gasteiger partial charge >= 0.3 is 17.6 Å². The van der Waals surface area contributed by atoms with Crippen LogP contribution in [0.1, 0.15) is 23.6 Å². The van der Waals surface area contributed by atoms with Crippen molar-refractivity contribution in [1.82, 2.24) is 4.90 Å². The maximum Gasteiger partial charge on any atom is 0.416 e. The van der Waals surface area contributed by atoms with E-state index in [9.17, 15) is 33.4 Å². The molecule has 0 saturated carbocycles. The van der Waals surface area contributed by atoms with Gasteiger partial charge in [-0.1, -0.05) is 0 Å². The normalized spacial score (nSPS) is 15.1. The second kappa shape index (κ2) is 10.7. The van der Waals surface area contributed by atoms with Gasteiger partial charge in [-0.05, 0) is 30.7 Å². The molecule has 1 heterocycles. The molecule has 0 amide bonds. The van der Waals surface area contributed by atoms with E-state index in [4.69, 9.17) is 9.47 Å². The molecule has 3 rings (SSSR count). The van der Waals surface area contributed by atoms with Crippen LogP contribution < -0.4 is 10.2 Å². The molecule has 0 bridgehead atoms. The summed E-state index contributed by atoms with van der Waals surface area (Å²) >= 11 is 0. The zero-order valence-electron chi connectivity index (χ0n) is 18.8. The Morgan fingerprint density at radius 2 is 1.74 bits per heavy atom. The number of hydrazone groups is 1. The Morgan fingerprint density at radius 1 is 1.14 bits per heavy atom. The maximum atomic E-state index is 13.1. The number of nitro groups is 2. The van der Waals surface area contributed by atoms with E-state index in [1.165, 1.54) is 7.11 Å². The molecule has 0 atom stereocenters. The van der Waals surface area contributed by atoms with Crippen molar-refractivity contribution < 1.29 is 32.5 Å². The zero-order valence-corrected chi connectivity index (χ0v) is 18.8. The Balaban J connectivity index is 1.95. The van der Waals surface area contributed by atoms with Crippen LogP contribution in [0.3, 0.4) is 0 Å². The first-order chi connectivity index (χ1) is 16.5. The Bertz CT molecular complexity index is 1110. The minimum atomic E-state index is -5.01. The molecule has 1 aliphatic rings. The fourth-order valence-electron chi connectivity index (χ4n) is 3.51. The molecular formula is C21H22F3N5O6. The van der Waals surface area contributed by atoms with Gasteiger partial charge in [0.1, 0.15) is 5.75 Å². The van der Waals surface area contributed by atoms with Crippen LogP contribution in [0.4, 0.5) is 30.2 Å². The summed E-state index contributed by atoms with van der Waals surface area (Å²) in [7, 11) is 1.53. The van der Waals surface area contributed by atoms with E-state index in [0.717, 1.165) is 18.7 Å². The highest BCUT2D eigenvalue weighted by atomic mass is 19.4. The van der Waals surface area contributed by atoms with Gasteiger partial charge in [0, 0.05) is 37.3 Å². The third-order valence-electron chi connectivity index (χ3n) is 5.35. The number of hydrogen-bond acceptors (Lipinski definition) is 9. The quantitative estimate of drug-likeness (QED) is 0.326. The van der Waals surface area contributed by atoms with Crippen molar-refractivity contribution >= 4 is 22.8 Å². The number of anilines is 1. The lowest BCUT2D eigenvalue weighted by Crippen LogP contribution is -2.35. The molecule has 0 spiro atoms. The number of benzene rings is 2. The number of hydrogen-bond donors (Lipinski definition) is 1. The SMILES string of the molecule is COc1ccc(C(C)=NNc2c([N+](=O)[O-])cc(C(F)(F)F)cc2[N+](=O)[O-])cc1CN1CCOCC1. The third-order valence-corrected chi connectivity index (χ3v) is 5.35. The molecule has 14 heteroatoms.